The van der Waals surface area contributed by atoms with Gasteiger partial charge in [-0.05, 0) is 48.4 Å². The van der Waals surface area contributed by atoms with Gasteiger partial charge < -0.3 is 20.2 Å². The molecule has 0 atom stereocenters. The van der Waals surface area contributed by atoms with E-state index in [1.54, 1.807) is 24.3 Å². The molecule has 0 radical (unpaired) electrons. The van der Waals surface area contributed by atoms with Crippen molar-refractivity contribution >= 4 is 11.6 Å². The quantitative estimate of drug-likeness (QED) is 0.709. The zero-order valence-electron chi connectivity index (χ0n) is 14.7. The summed E-state index contributed by atoms with van der Waals surface area (Å²) in [5.41, 5.74) is 2.12. The van der Waals surface area contributed by atoms with Crippen molar-refractivity contribution in [3.05, 3.63) is 59.9 Å². The Kier molecular flexibility index (Phi) is 6.07. The number of nitrogens with one attached hydrogen (secondary N) is 2. The van der Waals surface area contributed by atoms with Crippen LogP contribution in [0.1, 0.15) is 5.56 Å². The molecule has 0 saturated carbocycles. The number of phenols is 1. The van der Waals surface area contributed by atoms with Gasteiger partial charge in [0.25, 0.3) is 5.91 Å². The average Bonchev–Trinajstić information content (AvgIpc) is 2.65. The van der Waals surface area contributed by atoms with Crippen molar-refractivity contribution in [2.24, 2.45) is 0 Å². The first-order valence-corrected chi connectivity index (χ1v) is 8.99. The molecule has 1 aliphatic rings. The number of rotatable bonds is 6. The predicted octanol–water partition coefficient (Wildman–Crippen LogP) is 0.595. The molecule has 6 heteroatoms. The van der Waals surface area contributed by atoms with Gasteiger partial charge in [0, 0.05) is 12.2 Å². The van der Waals surface area contributed by atoms with E-state index in [4.69, 9.17) is 0 Å². The number of carbonyl (C=O) groups is 1. The number of piperazine rings is 1. The molecule has 1 aliphatic heterocycles. The smallest absolute Gasteiger partial charge is 0.275 e. The molecule has 1 saturated heterocycles. The Morgan fingerprint density at radius 3 is 2.38 bits per heavy atom. The largest absolute Gasteiger partial charge is 0.508 e. The van der Waals surface area contributed by atoms with Crippen molar-refractivity contribution < 1.29 is 19.2 Å². The van der Waals surface area contributed by atoms with Gasteiger partial charge in [-0.1, -0.05) is 12.1 Å². The van der Waals surface area contributed by atoms with E-state index < -0.39 is 0 Å². The summed E-state index contributed by atoms with van der Waals surface area (Å²) in [6.45, 7) is 4.65. The number of quaternary nitrogens is 1. The monoisotopic (exact) mass is 358 g/mol. The SMILES string of the molecule is O=C(C[NH+]1CCN(c2ccc(O)cc2)CC1)NCCc1ccc(F)cc1. The molecule has 26 heavy (non-hydrogen) atoms. The highest BCUT2D eigenvalue weighted by molar-refractivity contribution is 5.76. The van der Waals surface area contributed by atoms with Crippen LogP contribution in [0.5, 0.6) is 5.75 Å². The van der Waals surface area contributed by atoms with E-state index in [0.29, 0.717) is 19.5 Å². The van der Waals surface area contributed by atoms with Gasteiger partial charge in [0.2, 0.25) is 0 Å². The predicted molar refractivity (Wildman–Crippen MR) is 99.0 cm³/mol. The highest BCUT2D eigenvalue weighted by atomic mass is 19.1. The van der Waals surface area contributed by atoms with Crippen LogP contribution < -0.4 is 15.1 Å². The summed E-state index contributed by atoms with van der Waals surface area (Å²) >= 11 is 0. The van der Waals surface area contributed by atoms with Crippen LogP contribution in [0.15, 0.2) is 48.5 Å². The normalized spacial score (nSPS) is 15.0. The molecule has 0 aromatic heterocycles. The van der Waals surface area contributed by atoms with E-state index >= 15 is 0 Å². The fraction of sp³-hybridized carbons (Fsp3) is 0.350. The molecule has 2 aromatic carbocycles. The number of carbonyl (C=O) groups excluding carboxylic acids is 1. The van der Waals surface area contributed by atoms with Crippen molar-refractivity contribution in [1.29, 1.82) is 0 Å². The fourth-order valence-electron chi connectivity index (χ4n) is 3.21. The maximum atomic E-state index is 12.9. The topological polar surface area (TPSA) is 57.0 Å². The second-order valence-electron chi connectivity index (χ2n) is 6.66. The average molecular weight is 358 g/mol. The first-order valence-electron chi connectivity index (χ1n) is 8.99. The molecule has 138 valence electrons. The lowest BCUT2D eigenvalue weighted by molar-refractivity contribution is -0.892. The van der Waals surface area contributed by atoms with Crippen molar-refractivity contribution in [1.82, 2.24) is 5.32 Å². The second kappa shape index (κ2) is 8.67. The number of halogens is 1. The number of benzene rings is 2. The fourth-order valence-corrected chi connectivity index (χ4v) is 3.21. The highest BCUT2D eigenvalue weighted by Crippen LogP contribution is 2.18. The van der Waals surface area contributed by atoms with Crippen molar-refractivity contribution in [2.45, 2.75) is 6.42 Å². The molecule has 0 bridgehead atoms. The Bertz CT molecular complexity index is 711. The van der Waals surface area contributed by atoms with Crippen LogP contribution in [0, 0.1) is 5.82 Å². The van der Waals surface area contributed by atoms with Gasteiger partial charge in [-0.3, -0.25) is 4.79 Å². The molecule has 1 heterocycles. The molecule has 3 rings (SSSR count). The minimum absolute atomic E-state index is 0.0557. The van der Waals surface area contributed by atoms with Crippen molar-refractivity contribution in [3.63, 3.8) is 0 Å². The summed E-state index contributed by atoms with van der Waals surface area (Å²) in [7, 11) is 0. The number of phenolic OH excluding ortho intramolecular Hbond substituents is 1. The molecule has 2 aromatic rings. The molecular formula is C20H25FN3O2+. The summed E-state index contributed by atoms with van der Waals surface area (Å²) in [6, 6.07) is 13.6. The number of aromatic hydroxyl groups is 1. The summed E-state index contributed by atoms with van der Waals surface area (Å²) in [5.74, 6) is 0.0864. The van der Waals surface area contributed by atoms with Gasteiger partial charge in [-0.25, -0.2) is 4.39 Å². The lowest BCUT2D eigenvalue weighted by atomic mass is 10.1. The number of hydrogen-bond acceptors (Lipinski definition) is 3. The van der Waals surface area contributed by atoms with Crippen LogP contribution in [-0.2, 0) is 11.2 Å². The number of amides is 1. The second-order valence-corrected chi connectivity index (χ2v) is 6.66. The third-order valence-electron chi connectivity index (χ3n) is 4.75. The highest BCUT2D eigenvalue weighted by Gasteiger charge is 2.22. The summed E-state index contributed by atoms with van der Waals surface area (Å²) in [6.07, 6.45) is 0.704. The lowest BCUT2D eigenvalue weighted by Crippen LogP contribution is -3.16. The minimum Gasteiger partial charge on any atom is -0.508 e. The molecule has 0 unspecified atom stereocenters. The van der Waals surface area contributed by atoms with Crippen molar-refractivity contribution in [2.75, 3.05) is 44.2 Å². The number of hydrogen-bond donors (Lipinski definition) is 3. The van der Waals surface area contributed by atoms with Crippen LogP contribution >= 0.6 is 0 Å². The summed E-state index contributed by atoms with van der Waals surface area (Å²) in [5, 5.41) is 12.3. The van der Waals surface area contributed by atoms with Crippen LogP contribution in [0.3, 0.4) is 0 Å². The standard InChI is InChI=1S/C20H24FN3O2/c21-17-3-1-16(2-4-17)9-10-22-20(26)15-23-11-13-24(14-12-23)18-5-7-19(25)8-6-18/h1-8,25H,9-15H2,(H,22,26)/p+1. The third kappa shape index (κ3) is 5.20. The molecule has 0 spiro atoms. The van der Waals surface area contributed by atoms with E-state index in [1.165, 1.54) is 17.0 Å². The molecule has 1 amide bonds. The van der Waals surface area contributed by atoms with Gasteiger partial charge in [-0.2, -0.15) is 0 Å². The van der Waals surface area contributed by atoms with E-state index in [-0.39, 0.29) is 17.5 Å². The zero-order chi connectivity index (χ0) is 18.4. The minimum atomic E-state index is -0.243. The van der Waals surface area contributed by atoms with E-state index in [0.717, 1.165) is 37.4 Å². The Labute approximate surface area is 153 Å². The first kappa shape index (κ1) is 18.2. The summed E-state index contributed by atoms with van der Waals surface area (Å²) < 4.78 is 12.9. The molecule has 0 aliphatic carbocycles. The van der Waals surface area contributed by atoms with Gasteiger partial charge in [0.15, 0.2) is 6.54 Å². The summed E-state index contributed by atoms with van der Waals surface area (Å²) in [4.78, 5) is 15.7. The van der Waals surface area contributed by atoms with E-state index in [2.05, 4.69) is 10.2 Å². The van der Waals surface area contributed by atoms with Crippen LogP contribution in [0.25, 0.3) is 0 Å². The number of anilines is 1. The van der Waals surface area contributed by atoms with Crippen LogP contribution in [0.4, 0.5) is 10.1 Å². The lowest BCUT2D eigenvalue weighted by Gasteiger charge is -2.33. The Morgan fingerprint density at radius 2 is 1.73 bits per heavy atom. The van der Waals surface area contributed by atoms with Crippen molar-refractivity contribution in [3.8, 4) is 5.75 Å². The molecule has 5 nitrogen and oxygen atoms in total. The van der Waals surface area contributed by atoms with Crippen LogP contribution in [-0.4, -0.2) is 50.3 Å². The Hall–Kier alpha value is -2.60. The Balaban J connectivity index is 1.36. The number of nitrogens with zero attached hydrogens (tertiary/aromatic N) is 1. The maximum absolute atomic E-state index is 12.9. The zero-order valence-corrected chi connectivity index (χ0v) is 14.7. The van der Waals surface area contributed by atoms with Gasteiger partial charge in [0.05, 0.1) is 26.2 Å². The first-order chi connectivity index (χ1) is 12.6. The Morgan fingerprint density at radius 1 is 1.08 bits per heavy atom. The van der Waals surface area contributed by atoms with E-state index in [1.807, 2.05) is 12.1 Å². The van der Waals surface area contributed by atoms with Crippen LogP contribution in [0.2, 0.25) is 0 Å². The molecule has 1 fully saturated rings. The maximum Gasteiger partial charge on any atom is 0.275 e. The van der Waals surface area contributed by atoms with Gasteiger partial charge >= 0.3 is 0 Å². The van der Waals surface area contributed by atoms with Gasteiger partial charge in [-0.15, -0.1) is 0 Å². The molecular weight excluding hydrogens is 333 g/mol. The van der Waals surface area contributed by atoms with Gasteiger partial charge in [0.1, 0.15) is 11.6 Å². The molecule has 3 N–H and O–H groups in total. The van der Waals surface area contributed by atoms with E-state index in [9.17, 15) is 14.3 Å². The third-order valence-corrected chi connectivity index (χ3v) is 4.75.